The average Bonchev–Trinajstić information content (AvgIpc) is 2.78. The molecule has 0 aromatic carbocycles. The number of rotatable bonds is 5. The maximum atomic E-state index is 10.9. The van der Waals surface area contributed by atoms with Gasteiger partial charge in [-0.25, -0.2) is 4.79 Å². The molecular formula is C14H24N2O2. The molecule has 2 saturated heterocycles. The third-order valence-electron chi connectivity index (χ3n) is 4.24. The normalized spacial score (nSPS) is 29.3. The van der Waals surface area contributed by atoms with Crippen LogP contribution in [0.2, 0.25) is 0 Å². The van der Waals surface area contributed by atoms with Gasteiger partial charge in [0, 0.05) is 30.7 Å². The van der Waals surface area contributed by atoms with E-state index in [1.807, 2.05) is 13.0 Å². The second-order valence-corrected chi connectivity index (χ2v) is 5.29. The fourth-order valence-electron chi connectivity index (χ4n) is 3.20. The topological polar surface area (TPSA) is 52.6 Å². The molecule has 2 fully saturated rings. The van der Waals surface area contributed by atoms with Crippen molar-refractivity contribution >= 4 is 5.97 Å². The summed E-state index contributed by atoms with van der Waals surface area (Å²) in [5, 5.41) is 12.5. The molecule has 0 saturated carbocycles. The molecule has 0 aromatic rings. The van der Waals surface area contributed by atoms with Crippen LogP contribution in [0, 0.1) is 0 Å². The highest BCUT2D eigenvalue weighted by Gasteiger charge is 2.34. The second kappa shape index (κ2) is 6.34. The Morgan fingerprint density at radius 2 is 2.22 bits per heavy atom. The molecule has 2 atom stereocenters. The third kappa shape index (κ3) is 3.12. The number of fused-ring (bicyclic) bond motifs is 1. The van der Waals surface area contributed by atoms with E-state index < -0.39 is 5.97 Å². The lowest BCUT2D eigenvalue weighted by Gasteiger charge is -2.32. The molecule has 2 heterocycles. The Kier molecular flexibility index (Phi) is 4.78. The number of aliphatic carboxylic acids is 1. The molecular weight excluding hydrogens is 228 g/mol. The molecule has 2 rings (SSSR count). The molecule has 2 unspecified atom stereocenters. The summed E-state index contributed by atoms with van der Waals surface area (Å²) < 4.78 is 0. The number of piperidine rings is 1. The lowest BCUT2D eigenvalue weighted by Crippen LogP contribution is -2.44. The first kappa shape index (κ1) is 13.6. The van der Waals surface area contributed by atoms with Gasteiger partial charge in [0.1, 0.15) is 0 Å². The summed E-state index contributed by atoms with van der Waals surface area (Å²) in [5.74, 6) is -0.787. The van der Waals surface area contributed by atoms with Crippen molar-refractivity contribution in [1.29, 1.82) is 0 Å². The molecule has 0 bridgehead atoms. The minimum absolute atomic E-state index is 0.515. The molecule has 0 spiro atoms. The number of carboxylic acid groups (broad SMARTS) is 1. The highest BCUT2D eigenvalue weighted by Crippen LogP contribution is 2.26. The monoisotopic (exact) mass is 252 g/mol. The zero-order chi connectivity index (χ0) is 13.0. The van der Waals surface area contributed by atoms with Gasteiger partial charge in [-0.15, -0.1) is 0 Å². The van der Waals surface area contributed by atoms with Crippen molar-refractivity contribution in [2.45, 2.75) is 51.1 Å². The van der Waals surface area contributed by atoms with Crippen LogP contribution in [0.3, 0.4) is 0 Å². The molecule has 4 heteroatoms. The van der Waals surface area contributed by atoms with Crippen molar-refractivity contribution in [3.05, 3.63) is 11.6 Å². The van der Waals surface area contributed by atoms with Crippen LogP contribution in [0.25, 0.3) is 0 Å². The maximum Gasteiger partial charge on any atom is 0.331 e. The van der Waals surface area contributed by atoms with E-state index in [9.17, 15) is 4.79 Å². The quantitative estimate of drug-likeness (QED) is 0.730. The van der Waals surface area contributed by atoms with Crippen molar-refractivity contribution in [3.63, 3.8) is 0 Å². The van der Waals surface area contributed by atoms with Crippen LogP contribution in [-0.4, -0.2) is 47.7 Å². The van der Waals surface area contributed by atoms with Crippen molar-refractivity contribution in [3.8, 4) is 0 Å². The molecule has 0 radical (unpaired) electrons. The Bertz CT molecular complexity index is 328. The second-order valence-electron chi connectivity index (χ2n) is 5.29. The summed E-state index contributed by atoms with van der Waals surface area (Å²) in [4.78, 5) is 13.5. The van der Waals surface area contributed by atoms with Crippen LogP contribution in [0.1, 0.15) is 39.0 Å². The fourth-order valence-corrected chi connectivity index (χ4v) is 3.20. The first-order valence-electron chi connectivity index (χ1n) is 7.12. The zero-order valence-electron chi connectivity index (χ0n) is 11.2. The van der Waals surface area contributed by atoms with E-state index in [2.05, 4.69) is 10.2 Å². The maximum absolute atomic E-state index is 10.9. The molecule has 0 aliphatic carbocycles. The van der Waals surface area contributed by atoms with E-state index in [1.54, 1.807) is 0 Å². The van der Waals surface area contributed by atoms with Gasteiger partial charge in [0.2, 0.25) is 0 Å². The van der Waals surface area contributed by atoms with E-state index in [0.29, 0.717) is 30.6 Å². The van der Waals surface area contributed by atoms with Gasteiger partial charge in [0.05, 0.1) is 0 Å². The molecule has 0 amide bonds. The van der Waals surface area contributed by atoms with Gasteiger partial charge in [-0.05, 0) is 32.2 Å². The zero-order valence-corrected chi connectivity index (χ0v) is 11.2. The van der Waals surface area contributed by atoms with Gasteiger partial charge < -0.3 is 10.4 Å². The first-order chi connectivity index (χ1) is 8.72. The molecule has 2 aliphatic rings. The van der Waals surface area contributed by atoms with Crippen LogP contribution >= 0.6 is 0 Å². The van der Waals surface area contributed by atoms with E-state index in [4.69, 9.17) is 5.11 Å². The smallest absolute Gasteiger partial charge is 0.331 e. The van der Waals surface area contributed by atoms with Crippen LogP contribution in [0.15, 0.2) is 11.6 Å². The summed E-state index contributed by atoms with van der Waals surface area (Å²) in [7, 11) is 0. The van der Waals surface area contributed by atoms with Crippen molar-refractivity contribution in [1.82, 2.24) is 10.2 Å². The van der Waals surface area contributed by atoms with Crippen LogP contribution in [0.5, 0.6) is 0 Å². The van der Waals surface area contributed by atoms with Gasteiger partial charge in [-0.1, -0.05) is 19.4 Å². The van der Waals surface area contributed by atoms with Crippen LogP contribution < -0.4 is 5.32 Å². The number of nitrogens with zero attached hydrogens (tertiary/aromatic N) is 1. The molecule has 2 aliphatic heterocycles. The molecule has 4 nitrogen and oxygen atoms in total. The van der Waals surface area contributed by atoms with Gasteiger partial charge in [-0.2, -0.15) is 0 Å². The van der Waals surface area contributed by atoms with Gasteiger partial charge in [-0.3, -0.25) is 4.90 Å². The average molecular weight is 252 g/mol. The molecule has 0 aromatic heterocycles. The minimum atomic E-state index is -0.787. The summed E-state index contributed by atoms with van der Waals surface area (Å²) in [5.41, 5.74) is 0.515. The Morgan fingerprint density at radius 3 is 2.94 bits per heavy atom. The van der Waals surface area contributed by atoms with Gasteiger partial charge >= 0.3 is 5.97 Å². The predicted octanol–water partition coefficient (Wildman–Crippen LogP) is 1.62. The Morgan fingerprint density at radius 1 is 1.39 bits per heavy atom. The van der Waals surface area contributed by atoms with Crippen LogP contribution in [0.4, 0.5) is 0 Å². The molecule has 102 valence electrons. The SMILES string of the molecule is CCC(=CCNC1CCN2CCCCC12)C(=O)O. The predicted molar refractivity (Wildman–Crippen MR) is 71.6 cm³/mol. The largest absolute Gasteiger partial charge is 0.478 e. The number of hydrogen-bond donors (Lipinski definition) is 2. The van der Waals surface area contributed by atoms with E-state index in [0.717, 1.165) is 0 Å². The third-order valence-corrected chi connectivity index (χ3v) is 4.24. The van der Waals surface area contributed by atoms with Crippen LogP contribution in [-0.2, 0) is 4.79 Å². The Hall–Kier alpha value is -0.870. The number of carbonyl (C=O) groups is 1. The molecule has 2 N–H and O–H groups in total. The summed E-state index contributed by atoms with van der Waals surface area (Å²) in [6.07, 6.45) is 7.59. The van der Waals surface area contributed by atoms with Crippen molar-refractivity contribution in [2.75, 3.05) is 19.6 Å². The summed E-state index contributed by atoms with van der Waals surface area (Å²) in [6, 6.07) is 1.23. The van der Waals surface area contributed by atoms with E-state index in [1.165, 1.54) is 38.8 Å². The summed E-state index contributed by atoms with van der Waals surface area (Å²) >= 11 is 0. The van der Waals surface area contributed by atoms with Gasteiger partial charge in [0.15, 0.2) is 0 Å². The van der Waals surface area contributed by atoms with E-state index >= 15 is 0 Å². The standard InChI is InChI=1S/C14H24N2O2/c1-2-11(14(17)18)6-8-15-12-7-10-16-9-4-3-5-13(12)16/h6,12-13,15H,2-5,7-10H2,1H3,(H,17,18). The summed E-state index contributed by atoms with van der Waals surface area (Å²) in [6.45, 7) is 5.02. The number of hydrogen-bond acceptors (Lipinski definition) is 3. The van der Waals surface area contributed by atoms with Crippen molar-refractivity contribution < 1.29 is 9.90 Å². The lowest BCUT2D eigenvalue weighted by atomic mass is 9.99. The number of nitrogens with one attached hydrogen (secondary N) is 1. The fraction of sp³-hybridized carbons (Fsp3) is 0.786. The first-order valence-corrected chi connectivity index (χ1v) is 7.12. The molecule has 18 heavy (non-hydrogen) atoms. The highest BCUT2D eigenvalue weighted by atomic mass is 16.4. The Balaban J connectivity index is 1.82. The van der Waals surface area contributed by atoms with Gasteiger partial charge in [0.25, 0.3) is 0 Å². The minimum Gasteiger partial charge on any atom is -0.478 e. The van der Waals surface area contributed by atoms with E-state index in [-0.39, 0.29) is 0 Å². The highest BCUT2D eigenvalue weighted by molar-refractivity contribution is 5.86. The lowest BCUT2D eigenvalue weighted by molar-refractivity contribution is -0.132. The Labute approximate surface area is 109 Å². The number of carboxylic acids is 1. The van der Waals surface area contributed by atoms with Crippen molar-refractivity contribution in [2.24, 2.45) is 0 Å².